The summed E-state index contributed by atoms with van der Waals surface area (Å²) in [6, 6.07) is 0. The molecule has 0 saturated heterocycles. The molecule has 0 amide bonds. The molecule has 0 aromatic carbocycles. The predicted molar refractivity (Wildman–Crippen MR) is 75.3 cm³/mol. The van der Waals surface area contributed by atoms with Crippen molar-refractivity contribution in [3.63, 3.8) is 0 Å². The van der Waals surface area contributed by atoms with Crippen molar-refractivity contribution >= 4 is 11.6 Å². The Labute approximate surface area is 116 Å². The minimum atomic E-state index is -0.453. The van der Waals surface area contributed by atoms with Crippen LogP contribution >= 0.6 is 11.6 Å². The third kappa shape index (κ3) is 2.21. The number of halogens is 2. The summed E-state index contributed by atoms with van der Waals surface area (Å²) in [5.74, 6) is -0.315. The van der Waals surface area contributed by atoms with Crippen LogP contribution in [0.4, 0.5) is 4.39 Å². The number of fused-ring (bicyclic) bond motifs is 1. The van der Waals surface area contributed by atoms with Crippen LogP contribution in [0.3, 0.4) is 0 Å². The minimum Gasteiger partial charge on any atom is -0.508 e. The summed E-state index contributed by atoms with van der Waals surface area (Å²) in [4.78, 5) is 0. The second-order valence-electron chi connectivity index (χ2n) is 4.99. The molecule has 0 spiro atoms. The first-order chi connectivity index (χ1) is 9.16. The van der Waals surface area contributed by atoms with E-state index in [9.17, 15) is 9.50 Å². The summed E-state index contributed by atoms with van der Waals surface area (Å²) >= 11 is 6.01. The fourth-order valence-corrected chi connectivity index (χ4v) is 3.12. The minimum absolute atomic E-state index is 0.0155. The van der Waals surface area contributed by atoms with Crippen molar-refractivity contribution in [2.45, 2.75) is 6.42 Å². The van der Waals surface area contributed by atoms with E-state index in [1.807, 2.05) is 24.3 Å². The van der Waals surface area contributed by atoms with E-state index in [0.717, 1.165) is 5.57 Å². The summed E-state index contributed by atoms with van der Waals surface area (Å²) < 4.78 is 14.1. The Morgan fingerprint density at radius 3 is 2.79 bits per heavy atom. The van der Waals surface area contributed by atoms with Gasteiger partial charge in [-0.15, -0.1) is 0 Å². The number of aliphatic hydroxyl groups excluding tert-OH is 1. The summed E-state index contributed by atoms with van der Waals surface area (Å²) in [6.45, 7) is 0. The smallest absolute Gasteiger partial charge is 0.115 e. The fraction of sp³-hybridized carbons (Fsp3) is 0.250. The maximum Gasteiger partial charge on any atom is 0.115 e. The van der Waals surface area contributed by atoms with E-state index < -0.39 is 5.92 Å². The molecule has 0 aliphatic heterocycles. The Bertz CT molecular complexity index is 578. The summed E-state index contributed by atoms with van der Waals surface area (Å²) in [5, 5.41) is 10.8. The molecule has 1 nitrogen and oxygen atoms in total. The van der Waals surface area contributed by atoms with E-state index >= 15 is 0 Å². The zero-order valence-electron chi connectivity index (χ0n) is 10.3. The van der Waals surface area contributed by atoms with Crippen LogP contribution < -0.4 is 0 Å². The van der Waals surface area contributed by atoms with Crippen LogP contribution in [-0.2, 0) is 0 Å². The highest BCUT2D eigenvalue weighted by molar-refractivity contribution is 6.29. The van der Waals surface area contributed by atoms with Gasteiger partial charge >= 0.3 is 0 Å². The zero-order valence-corrected chi connectivity index (χ0v) is 11.0. The van der Waals surface area contributed by atoms with Crippen molar-refractivity contribution < 1.29 is 9.50 Å². The molecule has 3 atom stereocenters. The SMILES string of the molecule is OC1=C(C2CC(Cl)=CC=C2F)C2C=CC=CC2C=C1. The molecule has 0 fully saturated rings. The molecule has 3 rings (SSSR count). The van der Waals surface area contributed by atoms with Gasteiger partial charge < -0.3 is 5.11 Å². The Hall–Kier alpha value is -1.54. The number of hydrogen-bond donors (Lipinski definition) is 1. The lowest BCUT2D eigenvalue weighted by Crippen LogP contribution is -2.24. The van der Waals surface area contributed by atoms with Crippen LogP contribution in [0.2, 0.25) is 0 Å². The highest BCUT2D eigenvalue weighted by atomic mass is 35.5. The Morgan fingerprint density at radius 1 is 1.16 bits per heavy atom. The van der Waals surface area contributed by atoms with Crippen molar-refractivity contribution in [2.24, 2.45) is 17.8 Å². The summed E-state index contributed by atoms with van der Waals surface area (Å²) in [7, 11) is 0. The highest BCUT2D eigenvalue weighted by Crippen LogP contribution is 2.44. The van der Waals surface area contributed by atoms with Gasteiger partial charge in [-0.2, -0.15) is 0 Å². The van der Waals surface area contributed by atoms with Gasteiger partial charge in [0.25, 0.3) is 0 Å². The number of aliphatic hydroxyl groups is 1. The van der Waals surface area contributed by atoms with E-state index in [1.165, 1.54) is 6.08 Å². The van der Waals surface area contributed by atoms with E-state index in [1.54, 1.807) is 12.2 Å². The Kier molecular flexibility index (Phi) is 3.19. The summed E-state index contributed by atoms with van der Waals surface area (Å²) in [5.41, 5.74) is 0.730. The maximum atomic E-state index is 14.1. The van der Waals surface area contributed by atoms with Crippen LogP contribution in [0.25, 0.3) is 0 Å². The molecular weight excluding hydrogens is 263 g/mol. The topological polar surface area (TPSA) is 20.2 Å². The third-order valence-corrected chi connectivity index (χ3v) is 4.12. The molecule has 0 heterocycles. The first kappa shape index (κ1) is 12.5. The monoisotopic (exact) mass is 276 g/mol. The van der Waals surface area contributed by atoms with Crippen molar-refractivity contribution in [3.05, 3.63) is 70.8 Å². The Balaban J connectivity index is 2.01. The quantitative estimate of drug-likeness (QED) is 0.734. The molecule has 0 bridgehead atoms. The lowest BCUT2D eigenvalue weighted by atomic mass is 9.72. The second kappa shape index (κ2) is 4.86. The van der Waals surface area contributed by atoms with Gasteiger partial charge in [-0.25, -0.2) is 4.39 Å². The van der Waals surface area contributed by atoms with Gasteiger partial charge in [-0.05, 0) is 30.2 Å². The summed E-state index contributed by atoms with van der Waals surface area (Å²) in [6.07, 6.45) is 15.0. The molecule has 3 aliphatic rings. The molecule has 3 aliphatic carbocycles. The number of allylic oxidation sites excluding steroid dienone is 11. The van der Waals surface area contributed by atoms with E-state index in [2.05, 4.69) is 6.08 Å². The zero-order chi connectivity index (χ0) is 13.4. The van der Waals surface area contributed by atoms with Crippen molar-refractivity contribution in [2.75, 3.05) is 0 Å². The van der Waals surface area contributed by atoms with Gasteiger partial charge in [0.1, 0.15) is 11.6 Å². The average molecular weight is 277 g/mol. The lowest BCUT2D eigenvalue weighted by molar-refractivity contribution is 0.371. The average Bonchev–Trinajstić information content (AvgIpc) is 2.42. The molecule has 1 N–H and O–H groups in total. The first-order valence-corrected chi connectivity index (χ1v) is 6.72. The molecule has 0 aromatic heterocycles. The van der Waals surface area contributed by atoms with E-state index in [0.29, 0.717) is 11.5 Å². The number of hydrogen-bond acceptors (Lipinski definition) is 1. The molecule has 3 unspecified atom stereocenters. The largest absolute Gasteiger partial charge is 0.508 e. The van der Waals surface area contributed by atoms with Crippen molar-refractivity contribution in [3.8, 4) is 0 Å². The molecule has 0 saturated carbocycles. The third-order valence-electron chi connectivity index (χ3n) is 3.84. The van der Waals surface area contributed by atoms with Crippen LogP contribution in [0.15, 0.2) is 70.8 Å². The van der Waals surface area contributed by atoms with Crippen LogP contribution in [0.1, 0.15) is 6.42 Å². The van der Waals surface area contributed by atoms with Gasteiger partial charge in [-0.3, -0.25) is 0 Å². The van der Waals surface area contributed by atoms with Crippen LogP contribution in [0, 0.1) is 17.8 Å². The van der Waals surface area contributed by atoms with E-state index in [-0.39, 0.29) is 23.4 Å². The lowest BCUT2D eigenvalue weighted by Gasteiger charge is -2.33. The van der Waals surface area contributed by atoms with Crippen LogP contribution in [-0.4, -0.2) is 5.11 Å². The first-order valence-electron chi connectivity index (χ1n) is 6.35. The molecule has 0 radical (unpaired) electrons. The van der Waals surface area contributed by atoms with E-state index in [4.69, 9.17) is 11.6 Å². The van der Waals surface area contributed by atoms with Crippen molar-refractivity contribution in [1.29, 1.82) is 0 Å². The maximum absolute atomic E-state index is 14.1. The second-order valence-corrected chi connectivity index (χ2v) is 5.48. The molecule has 0 aromatic rings. The molecule has 3 heteroatoms. The normalized spacial score (nSPS) is 33.1. The van der Waals surface area contributed by atoms with Gasteiger partial charge in [0.2, 0.25) is 0 Å². The van der Waals surface area contributed by atoms with Crippen molar-refractivity contribution in [1.82, 2.24) is 0 Å². The molecular formula is C16H14ClFO. The standard InChI is InChI=1S/C16H14ClFO/c17-11-6-7-14(18)13(9-11)16-12-4-2-1-3-10(12)5-8-15(16)19/h1-8,10,12-13,19H,9H2. The van der Waals surface area contributed by atoms with Gasteiger partial charge in [0.05, 0.1) is 0 Å². The highest BCUT2D eigenvalue weighted by Gasteiger charge is 2.34. The van der Waals surface area contributed by atoms with Gasteiger partial charge in [-0.1, -0.05) is 42.0 Å². The molecule has 19 heavy (non-hydrogen) atoms. The van der Waals surface area contributed by atoms with Gasteiger partial charge in [0, 0.05) is 22.8 Å². The number of rotatable bonds is 1. The van der Waals surface area contributed by atoms with Crippen LogP contribution in [0.5, 0.6) is 0 Å². The predicted octanol–water partition coefficient (Wildman–Crippen LogP) is 4.72. The molecule has 98 valence electrons. The fourth-order valence-electron chi connectivity index (χ4n) is 2.90. The van der Waals surface area contributed by atoms with Gasteiger partial charge in [0.15, 0.2) is 0 Å². The Morgan fingerprint density at radius 2 is 1.95 bits per heavy atom.